The zero-order valence-electron chi connectivity index (χ0n) is 10.00. The van der Waals surface area contributed by atoms with Gasteiger partial charge in [-0.3, -0.25) is 0 Å². The van der Waals surface area contributed by atoms with Crippen LogP contribution in [0.25, 0.3) is 0 Å². The second-order valence-corrected chi connectivity index (χ2v) is 5.21. The molecule has 2 aromatic carbocycles. The summed E-state index contributed by atoms with van der Waals surface area (Å²) in [5, 5.41) is 0.506. The lowest BCUT2D eigenvalue weighted by Crippen LogP contribution is -2.04. The van der Waals surface area contributed by atoms with Gasteiger partial charge in [-0.25, -0.2) is 4.39 Å². The summed E-state index contributed by atoms with van der Waals surface area (Å²) in [6.45, 7) is 0.504. The maximum absolute atomic E-state index is 13.2. The third-order valence-corrected chi connectivity index (χ3v) is 3.48. The monoisotopic (exact) mass is 343 g/mol. The van der Waals surface area contributed by atoms with Crippen LogP contribution in [0.2, 0.25) is 5.02 Å². The van der Waals surface area contributed by atoms with Crippen molar-refractivity contribution in [3.63, 3.8) is 0 Å². The lowest BCUT2D eigenvalue weighted by molar-refractivity contribution is 0.474. The number of halogens is 3. The van der Waals surface area contributed by atoms with Gasteiger partial charge in [0, 0.05) is 0 Å². The van der Waals surface area contributed by atoms with Crippen LogP contribution in [0.5, 0.6) is 11.5 Å². The average molecular weight is 345 g/mol. The molecule has 0 saturated heterocycles. The molecule has 0 aliphatic rings. The largest absolute Gasteiger partial charge is 0.455 e. The third-order valence-electron chi connectivity index (χ3n) is 2.57. The lowest BCUT2D eigenvalue weighted by Gasteiger charge is -2.12. The van der Waals surface area contributed by atoms with Crippen molar-refractivity contribution in [3.8, 4) is 11.5 Å². The molecule has 19 heavy (non-hydrogen) atoms. The molecule has 0 fully saturated rings. The SMILES string of the molecule is NCCc1cccc(Cl)c1Oc1ccc(F)c(Br)c1. The molecule has 0 radical (unpaired) electrons. The van der Waals surface area contributed by atoms with E-state index in [1.165, 1.54) is 6.07 Å². The second kappa shape index (κ2) is 6.37. The number of benzene rings is 2. The van der Waals surface area contributed by atoms with Gasteiger partial charge in [0.2, 0.25) is 0 Å². The molecule has 0 aliphatic carbocycles. The van der Waals surface area contributed by atoms with Gasteiger partial charge >= 0.3 is 0 Å². The molecule has 0 saturated carbocycles. The standard InChI is InChI=1S/C14H12BrClFNO/c15-11-8-10(4-5-13(11)17)19-14-9(6-7-18)2-1-3-12(14)16/h1-5,8H,6-7,18H2. The molecular weight excluding hydrogens is 333 g/mol. The Balaban J connectivity index is 2.34. The highest BCUT2D eigenvalue weighted by molar-refractivity contribution is 9.10. The third kappa shape index (κ3) is 3.47. The maximum Gasteiger partial charge on any atom is 0.149 e. The van der Waals surface area contributed by atoms with E-state index in [9.17, 15) is 4.39 Å². The molecule has 2 nitrogen and oxygen atoms in total. The average Bonchev–Trinajstić information content (AvgIpc) is 2.38. The summed E-state index contributed by atoms with van der Waals surface area (Å²) in [4.78, 5) is 0. The molecule has 0 spiro atoms. The molecule has 2 rings (SSSR count). The van der Waals surface area contributed by atoms with Gasteiger partial charge in [-0.2, -0.15) is 0 Å². The number of para-hydroxylation sites is 1. The predicted molar refractivity (Wildman–Crippen MR) is 78.4 cm³/mol. The highest BCUT2D eigenvalue weighted by Gasteiger charge is 2.10. The Labute approximate surface area is 124 Å². The lowest BCUT2D eigenvalue weighted by atomic mass is 10.1. The quantitative estimate of drug-likeness (QED) is 0.884. The van der Waals surface area contributed by atoms with Crippen LogP contribution in [-0.4, -0.2) is 6.54 Å². The van der Waals surface area contributed by atoms with Gasteiger partial charge < -0.3 is 10.5 Å². The normalized spacial score (nSPS) is 10.5. The summed E-state index contributed by atoms with van der Waals surface area (Å²) in [5.41, 5.74) is 6.49. The summed E-state index contributed by atoms with van der Waals surface area (Å²) < 4.78 is 19.3. The van der Waals surface area contributed by atoms with E-state index in [1.54, 1.807) is 18.2 Å². The molecule has 0 aromatic heterocycles. The van der Waals surface area contributed by atoms with Crippen molar-refractivity contribution < 1.29 is 9.13 Å². The number of ether oxygens (including phenoxy) is 1. The first-order chi connectivity index (χ1) is 9.11. The minimum atomic E-state index is -0.339. The van der Waals surface area contributed by atoms with Crippen LogP contribution in [0, 0.1) is 5.82 Å². The van der Waals surface area contributed by atoms with E-state index in [0.717, 1.165) is 5.56 Å². The van der Waals surface area contributed by atoms with Crippen molar-refractivity contribution in [2.24, 2.45) is 5.73 Å². The van der Waals surface area contributed by atoms with Crippen molar-refractivity contribution in [2.75, 3.05) is 6.54 Å². The molecule has 100 valence electrons. The summed E-state index contributed by atoms with van der Waals surface area (Å²) in [7, 11) is 0. The molecule has 0 atom stereocenters. The molecule has 5 heteroatoms. The Hall–Kier alpha value is -1.10. The molecule has 0 amide bonds. The van der Waals surface area contributed by atoms with E-state index in [2.05, 4.69) is 15.9 Å². The number of hydrogen-bond donors (Lipinski definition) is 1. The van der Waals surface area contributed by atoms with Crippen LogP contribution >= 0.6 is 27.5 Å². The molecule has 0 aliphatic heterocycles. The maximum atomic E-state index is 13.2. The fourth-order valence-corrected chi connectivity index (χ4v) is 2.27. The number of hydrogen-bond acceptors (Lipinski definition) is 2. The molecule has 2 N–H and O–H groups in total. The van der Waals surface area contributed by atoms with Gasteiger partial charge in [-0.05, 0) is 58.7 Å². The molecule has 0 bridgehead atoms. The Morgan fingerprint density at radius 1 is 1.26 bits per heavy atom. The van der Waals surface area contributed by atoms with Gasteiger partial charge in [0.15, 0.2) is 0 Å². The second-order valence-electron chi connectivity index (χ2n) is 3.94. The Kier molecular flexibility index (Phi) is 4.80. The first-order valence-electron chi connectivity index (χ1n) is 5.72. The molecule has 0 unspecified atom stereocenters. The van der Waals surface area contributed by atoms with Crippen LogP contribution in [0.4, 0.5) is 4.39 Å². The van der Waals surface area contributed by atoms with E-state index in [0.29, 0.717) is 34.0 Å². The predicted octanol–water partition coefficient (Wildman–Crippen LogP) is 4.54. The summed E-state index contributed by atoms with van der Waals surface area (Å²) >= 11 is 9.25. The van der Waals surface area contributed by atoms with E-state index in [-0.39, 0.29) is 5.82 Å². The summed E-state index contributed by atoms with van der Waals surface area (Å²) in [6, 6.07) is 9.95. The number of rotatable bonds is 4. The summed E-state index contributed by atoms with van der Waals surface area (Å²) in [6.07, 6.45) is 0.665. The van der Waals surface area contributed by atoms with Gasteiger partial charge in [-0.1, -0.05) is 23.7 Å². The highest BCUT2D eigenvalue weighted by atomic mass is 79.9. The van der Waals surface area contributed by atoms with Crippen LogP contribution in [0.1, 0.15) is 5.56 Å². The van der Waals surface area contributed by atoms with Crippen molar-refractivity contribution in [1.82, 2.24) is 0 Å². The fraction of sp³-hybridized carbons (Fsp3) is 0.143. The van der Waals surface area contributed by atoms with Gasteiger partial charge in [0.1, 0.15) is 17.3 Å². The number of nitrogens with two attached hydrogens (primary N) is 1. The molecular formula is C14H12BrClFNO. The van der Waals surface area contributed by atoms with Gasteiger partial charge in [-0.15, -0.1) is 0 Å². The van der Waals surface area contributed by atoms with Crippen molar-refractivity contribution >= 4 is 27.5 Å². The Morgan fingerprint density at radius 2 is 2.05 bits per heavy atom. The van der Waals surface area contributed by atoms with Crippen molar-refractivity contribution in [2.45, 2.75) is 6.42 Å². The minimum absolute atomic E-state index is 0.339. The van der Waals surface area contributed by atoms with E-state index >= 15 is 0 Å². The van der Waals surface area contributed by atoms with Gasteiger partial charge in [0.05, 0.1) is 9.50 Å². The van der Waals surface area contributed by atoms with E-state index in [4.69, 9.17) is 22.1 Å². The van der Waals surface area contributed by atoms with Gasteiger partial charge in [0.25, 0.3) is 0 Å². The molecule has 2 aromatic rings. The van der Waals surface area contributed by atoms with Crippen LogP contribution in [-0.2, 0) is 6.42 Å². The Morgan fingerprint density at radius 3 is 2.74 bits per heavy atom. The van der Waals surface area contributed by atoms with Crippen molar-refractivity contribution in [3.05, 3.63) is 57.3 Å². The minimum Gasteiger partial charge on any atom is -0.455 e. The van der Waals surface area contributed by atoms with Crippen LogP contribution in [0.15, 0.2) is 40.9 Å². The first kappa shape index (κ1) is 14.3. The van der Waals surface area contributed by atoms with E-state index < -0.39 is 0 Å². The zero-order chi connectivity index (χ0) is 13.8. The topological polar surface area (TPSA) is 35.2 Å². The van der Waals surface area contributed by atoms with E-state index in [1.807, 2.05) is 12.1 Å². The van der Waals surface area contributed by atoms with Crippen LogP contribution < -0.4 is 10.5 Å². The highest BCUT2D eigenvalue weighted by Crippen LogP contribution is 2.34. The van der Waals surface area contributed by atoms with Crippen LogP contribution in [0.3, 0.4) is 0 Å². The first-order valence-corrected chi connectivity index (χ1v) is 6.89. The smallest absolute Gasteiger partial charge is 0.149 e. The summed E-state index contributed by atoms with van der Waals surface area (Å²) in [5.74, 6) is 0.737. The molecule has 0 heterocycles. The zero-order valence-corrected chi connectivity index (χ0v) is 12.3. The Bertz CT molecular complexity index is 592. The van der Waals surface area contributed by atoms with Crippen molar-refractivity contribution in [1.29, 1.82) is 0 Å². The fourth-order valence-electron chi connectivity index (χ4n) is 1.68.